The van der Waals surface area contributed by atoms with E-state index >= 15 is 0 Å². The largest absolute Gasteiger partial charge is 0.396 e. The maximum atomic E-state index is 14.5. The number of Topliss-reactive ketones (excluding diaryl/α,β-unsaturated/α-hetero) is 1. The number of nitrogens with zero attached hydrogens (tertiary/aromatic N) is 2. The summed E-state index contributed by atoms with van der Waals surface area (Å²) in [6, 6.07) is 10.5. The number of hydrogen-bond acceptors (Lipinski definition) is 4. The lowest BCUT2D eigenvalue weighted by atomic mass is 9.90. The number of ketones is 1. The lowest BCUT2D eigenvalue weighted by molar-refractivity contribution is -0.138. The minimum atomic E-state index is -0.747. The summed E-state index contributed by atoms with van der Waals surface area (Å²) >= 11 is 5.88. The van der Waals surface area contributed by atoms with E-state index in [-0.39, 0.29) is 47.1 Å². The molecule has 2 aromatic carbocycles. The minimum Gasteiger partial charge on any atom is -0.396 e. The lowest BCUT2D eigenvalue weighted by Crippen LogP contribution is -2.44. The molecule has 2 fully saturated rings. The molecule has 9 heteroatoms. The fourth-order valence-corrected chi connectivity index (χ4v) is 5.60. The fourth-order valence-electron chi connectivity index (χ4n) is 5.42. The molecule has 1 saturated heterocycles. The number of hydrogen-bond donors (Lipinski definition) is 2. The van der Waals surface area contributed by atoms with Crippen LogP contribution in [0.4, 0.5) is 9.18 Å². The van der Waals surface area contributed by atoms with Crippen molar-refractivity contribution >= 4 is 40.2 Å². The number of amides is 2. The zero-order valence-electron chi connectivity index (χ0n) is 18.9. The highest BCUT2D eigenvalue weighted by Gasteiger charge is 2.55. The smallest absolute Gasteiger partial charge is 0.323 e. The van der Waals surface area contributed by atoms with Gasteiger partial charge < -0.3 is 15.7 Å². The van der Waals surface area contributed by atoms with Crippen LogP contribution in [-0.2, 0) is 16.0 Å². The van der Waals surface area contributed by atoms with Crippen LogP contribution >= 0.6 is 11.6 Å². The number of fused-ring (bicyclic) bond motifs is 2. The van der Waals surface area contributed by atoms with Crippen LogP contribution in [0, 0.1) is 11.7 Å². The number of primary amides is 1. The topological polar surface area (TPSA) is 106 Å². The molecule has 0 unspecified atom stereocenters. The van der Waals surface area contributed by atoms with Gasteiger partial charge in [0, 0.05) is 30.0 Å². The van der Waals surface area contributed by atoms with Crippen molar-refractivity contribution in [3.63, 3.8) is 0 Å². The fraction of sp³-hybridized carbons (Fsp3) is 0.346. The number of likely N-dealkylation sites (tertiary alicyclic amines) is 1. The number of carbonyl (C=O) groups excluding carboxylic acids is 3. The van der Waals surface area contributed by atoms with E-state index in [0.29, 0.717) is 17.5 Å². The highest BCUT2D eigenvalue weighted by molar-refractivity contribution is 6.30. The lowest BCUT2D eigenvalue weighted by Gasteiger charge is -2.28. The van der Waals surface area contributed by atoms with Crippen LogP contribution in [0.3, 0.4) is 0 Å². The van der Waals surface area contributed by atoms with Gasteiger partial charge in [-0.2, -0.15) is 0 Å². The maximum absolute atomic E-state index is 14.5. The van der Waals surface area contributed by atoms with Gasteiger partial charge in [-0.1, -0.05) is 41.9 Å². The van der Waals surface area contributed by atoms with Crippen LogP contribution in [0.5, 0.6) is 0 Å². The highest BCUT2D eigenvalue weighted by atomic mass is 35.5. The van der Waals surface area contributed by atoms with Gasteiger partial charge in [-0.05, 0) is 42.0 Å². The Labute approximate surface area is 206 Å². The first kappa shape index (κ1) is 23.5. The molecule has 182 valence electrons. The van der Waals surface area contributed by atoms with Crippen molar-refractivity contribution in [2.45, 2.75) is 43.7 Å². The molecule has 7 nitrogen and oxygen atoms in total. The summed E-state index contributed by atoms with van der Waals surface area (Å²) < 4.78 is 15.8. The molecular formula is C26H25ClFN3O4. The second-order valence-corrected chi connectivity index (χ2v) is 9.77. The Balaban J connectivity index is 1.36. The molecule has 0 spiro atoms. The number of rotatable bonds is 7. The van der Waals surface area contributed by atoms with E-state index in [0.717, 1.165) is 11.8 Å². The zero-order valence-corrected chi connectivity index (χ0v) is 19.6. The van der Waals surface area contributed by atoms with Gasteiger partial charge in [0.2, 0.25) is 5.91 Å². The first-order valence-corrected chi connectivity index (χ1v) is 11.9. The number of para-hydroxylation sites is 1. The third kappa shape index (κ3) is 4.21. The number of benzene rings is 2. The van der Waals surface area contributed by atoms with Crippen LogP contribution in [0.1, 0.15) is 36.3 Å². The molecule has 1 aliphatic carbocycles. The molecule has 2 heterocycles. The van der Waals surface area contributed by atoms with Crippen molar-refractivity contribution in [1.82, 2.24) is 9.47 Å². The molecular weight excluding hydrogens is 473 g/mol. The van der Waals surface area contributed by atoms with Gasteiger partial charge in [-0.3, -0.25) is 14.2 Å². The Morgan fingerprint density at radius 1 is 1.14 bits per heavy atom. The average molecular weight is 498 g/mol. The van der Waals surface area contributed by atoms with E-state index in [1.165, 1.54) is 16.7 Å². The first-order chi connectivity index (χ1) is 16.8. The van der Waals surface area contributed by atoms with Crippen molar-refractivity contribution in [2.24, 2.45) is 11.7 Å². The van der Waals surface area contributed by atoms with Gasteiger partial charge >= 0.3 is 6.03 Å². The van der Waals surface area contributed by atoms with E-state index in [9.17, 15) is 23.9 Å². The summed E-state index contributed by atoms with van der Waals surface area (Å²) in [4.78, 5) is 40.2. The summed E-state index contributed by atoms with van der Waals surface area (Å²) in [7, 11) is 0. The number of aromatic nitrogens is 1. The Bertz CT molecular complexity index is 1340. The summed E-state index contributed by atoms with van der Waals surface area (Å²) in [5.74, 6) is -1.52. The SMILES string of the molecule is NC(=O)n1cc(CC(=O)N2[C@@H]3C[C@@H]3C[C@H]2C(=O)C[C@H](CO)c2cccc(Cl)c2F)c2ccccc21. The number of halogens is 2. The molecule has 3 N–H and O–H groups in total. The summed E-state index contributed by atoms with van der Waals surface area (Å²) in [5, 5.41) is 10.6. The summed E-state index contributed by atoms with van der Waals surface area (Å²) in [5.41, 5.74) is 6.96. The quantitative estimate of drug-likeness (QED) is 0.520. The molecule has 3 aromatic rings. The van der Waals surface area contributed by atoms with E-state index in [1.54, 1.807) is 29.3 Å². The van der Waals surface area contributed by atoms with Gasteiger partial charge in [0.25, 0.3) is 0 Å². The van der Waals surface area contributed by atoms with Gasteiger partial charge in [-0.15, -0.1) is 0 Å². The standard InChI is InChI=1S/C26H25ClFN3O4/c27-19-6-3-5-18(25(19)28)16(13-32)10-23(33)22-9-14-8-21(14)31(22)24(34)11-15-12-30(26(29)35)20-7-2-1-4-17(15)20/h1-7,12,14,16,21-22,32H,8-11,13H2,(H2,29,35)/t14-,16-,21-,22+/m1/s1. The van der Waals surface area contributed by atoms with E-state index in [4.69, 9.17) is 17.3 Å². The van der Waals surface area contributed by atoms with Gasteiger partial charge in [0.15, 0.2) is 5.78 Å². The van der Waals surface area contributed by atoms with E-state index in [2.05, 4.69) is 0 Å². The number of nitrogens with two attached hydrogens (primary N) is 1. The predicted molar refractivity (Wildman–Crippen MR) is 129 cm³/mol. The van der Waals surface area contributed by atoms with Crippen LogP contribution in [0.25, 0.3) is 10.9 Å². The minimum absolute atomic E-state index is 0.0106. The third-order valence-corrected chi connectivity index (χ3v) is 7.52. The van der Waals surface area contributed by atoms with Crippen molar-refractivity contribution in [3.8, 4) is 0 Å². The number of aliphatic hydroxyl groups is 1. The number of piperidine rings is 1. The molecule has 35 heavy (non-hydrogen) atoms. The Hall–Kier alpha value is -3.23. The monoisotopic (exact) mass is 497 g/mol. The number of carbonyl (C=O) groups is 3. The normalized spacial score (nSPS) is 21.7. The third-order valence-electron chi connectivity index (χ3n) is 7.23. The summed E-state index contributed by atoms with van der Waals surface area (Å²) in [6.07, 6.45) is 2.92. The van der Waals surface area contributed by atoms with E-state index in [1.807, 2.05) is 12.1 Å². The molecule has 1 aromatic heterocycles. The molecule has 0 radical (unpaired) electrons. The van der Waals surface area contributed by atoms with Crippen LogP contribution in [0.15, 0.2) is 48.7 Å². The van der Waals surface area contributed by atoms with Gasteiger partial charge in [0.1, 0.15) is 5.82 Å². The van der Waals surface area contributed by atoms with Crippen LogP contribution in [-0.4, -0.2) is 51.0 Å². The van der Waals surface area contributed by atoms with Crippen molar-refractivity contribution in [1.29, 1.82) is 0 Å². The number of aliphatic hydroxyl groups excluding tert-OH is 1. The van der Waals surface area contributed by atoms with Crippen molar-refractivity contribution in [2.75, 3.05) is 6.61 Å². The van der Waals surface area contributed by atoms with E-state index < -0.39 is 30.4 Å². The molecule has 4 atom stereocenters. The Morgan fingerprint density at radius 2 is 1.91 bits per heavy atom. The molecule has 0 bridgehead atoms. The Morgan fingerprint density at radius 3 is 2.66 bits per heavy atom. The zero-order chi connectivity index (χ0) is 24.9. The second kappa shape index (κ2) is 9.09. The van der Waals surface area contributed by atoms with Gasteiger partial charge in [0.05, 0.1) is 29.6 Å². The summed E-state index contributed by atoms with van der Waals surface area (Å²) in [6.45, 7) is -0.414. The maximum Gasteiger partial charge on any atom is 0.323 e. The van der Waals surface area contributed by atoms with Crippen LogP contribution in [0.2, 0.25) is 5.02 Å². The molecule has 5 rings (SSSR count). The molecule has 2 aliphatic rings. The van der Waals surface area contributed by atoms with Crippen molar-refractivity contribution < 1.29 is 23.9 Å². The highest BCUT2D eigenvalue weighted by Crippen LogP contribution is 2.49. The van der Waals surface area contributed by atoms with Crippen LogP contribution < -0.4 is 5.73 Å². The molecule has 2 amide bonds. The molecule has 1 saturated carbocycles. The first-order valence-electron chi connectivity index (χ1n) is 11.6. The second-order valence-electron chi connectivity index (χ2n) is 9.37. The van der Waals surface area contributed by atoms with Crippen molar-refractivity contribution in [3.05, 3.63) is 70.6 Å². The predicted octanol–water partition coefficient (Wildman–Crippen LogP) is 3.63. The average Bonchev–Trinajstić information content (AvgIpc) is 3.34. The Kier molecular flexibility index (Phi) is 6.11. The molecule has 1 aliphatic heterocycles. The van der Waals surface area contributed by atoms with Gasteiger partial charge in [-0.25, -0.2) is 9.18 Å².